The highest BCUT2D eigenvalue weighted by Gasteiger charge is 2.27. The molecule has 3 aromatic rings. The van der Waals surface area contributed by atoms with Gasteiger partial charge in [-0.25, -0.2) is 13.6 Å². The van der Waals surface area contributed by atoms with Gasteiger partial charge in [-0.3, -0.25) is 4.79 Å². The number of rotatable bonds is 4. The number of ether oxygens (including phenoxy) is 2. The Bertz CT molecular complexity index is 1150. The number of amides is 1. The molecule has 31 heavy (non-hydrogen) atoms. The normalized spacial score (nSPS) is 12.6. The predicted molar refractivity (Wildman–Crippen MR) is 110 cm³/mol. The topological polar surface area (TPSA) is 60.8 Å². The quantitative estimate of drug-likeness (QED) is 0.588. The van der Waals surface area contributed by atoms with E-state index in [9.17, 15) is 18.4 Å². The van der Waals surface area contributed by atoms with Crippen molar-refractivity contribution in [1.82, 2.24) is 4.57 Å². The lowest BCUT2D eigenvalue weighted by molar-refractivity contribution is -0.116. The number of benzene rings is 2. The van der Waals surface area contributed by atoms with Gasteiger partial charge >= 0.3 is 5.97 Å². The Kier molecular flexibility index (Phi) is 5.46. The summed E-state index contributed by atoms with van der Waals surface area (Å²) in [5.41, 5.74) is 2.63. The van der Waals surface area contributed by atoms with Crippen LogP contribution >= 0.6 is 0 Å². The average molecular weight is 426 g/mol. The lowest BCUT2D eigenvalue weighted by Crippen LogP contribution is -2.30. The molecule has 160 valence electrons. The van der Waals surface area contributed by atoms with Crippen molar-refractivity contribution in [1.29, 1.82) is 0 Å². The molecular weight excluding hydrogens is 406 g/mol. The number of hydrogen-bond acceptors (Lipinski definition) is 4. The number of carbonyl (C=O) groups excluding carboxylic acids is 2. The Labute approximate surface area is 177 Å². The fourth-order valence-corrected chi connectivity index (χ4v) is 3.77. The molecule has 4 rings (SSSR count). The van der Waals surface area contributed by atoms with E-state index in [1.165, 1.54) is 26.2 Å². The molecular formula is C23H20F2N2O4. The van der Waals surface area contributed by atoms with Crippen LogP contribution in [-0.4, -0.2) is 30.1 Å². The van der Waals surface area contributed by atoms with Crippen LogP contribution in [-0.2, 0) is 22.7 Å². The second kappa shape index (κ2) is 8.22. The Morgan fingerprint density at radius 1 is 1.06 bits per heavy atom. The summed E-state index contributed by atoms with van der Waals surface area (Å²) in [4.78, 5) is 26.0. The van der Waals surface area contributed by atoms with E-state index in [1.54, 1.807) is 35.4 Å². The summed E-state index contributed by atoms with van der Waals surface area (Å²) in [5, 5.41) is 0. The summed E-state index contributed by atoms with van der Waals surface area (Å²) >= 11 is 0. The van der Waals surface area contributed by atoms with Gasteiger partial charge in [0.2, 0.25) is 5.91 Å². The highest BCUT2D eigenvalue weighted by Crippen LogP contribution is 2.42. The smallest absolute Gasteiger partial charge is 0.339 e. The van der Waals surface area contributed by atoms with E-state index in [4.69, 9.17) is 9.47 Å². The number of hydrogen-bond donors (Lipinski definition) is 0. The summed E-state index contributed by atoms with van der Waals surface area (Å²) in [6, 6.07) is 10.1. The second-order valence-corrected chi connectivity index (χ2v) is 7.19. The minimum Gasteiger partial charge on any atom is -0.488 e. The van der Waals surface area contributed by atoms with Crippen molar-refractivity contribution in [3.05, 3.63) is 71.4 Å². The monoisotopic (exact) mass is 426 g/mol. The number of halogens is 2. The van der Waals surface area contributed by atoms with Gasteiger partial charge in [-0.1, -0.05) is 6.07 Å². The molecule has 2 aromatic carbocycles. The van der Waals surface area contributed by atoms with E-state index in [2.05, 4.69) is 0 Å². The van der Waals surface area contributed by atoms with Crippen molar-refractivity contribution < 1.29 is 27.8 Å². The molecule has 6 nitrogen and oxygen atoms in total. The van der Waals surface area contributed by atoms with Gasteiger partial charge < -0.3 is 18.9 Å². The highest BCUT2D eigenvalue weighted by atomic mass is 19.1. The molecule has 0 spiro atoms. The van der Waals surface area contributed by atoms with Gasteiger partial charge in [-0.2, -0.15) is 0 Å². The minimum atomic E-state index is -0.690. The molecule has 0 fully saturated rings. The molecule has 0 bridgehead atoms. The van der Waals surface area contributed by atoms with E-state index in [0.717, 1.165) is 6.07 Å². The molecule has 0 N–H and O–H groups in total. The lowest BCUT2D eigenvalue weighted by Gasteiger charge is -2.22. The van der Waals surface area contributed by atoms with Gasteiger partial charge in [0.1, 0.15) is 24.0 Å². The SMILES string of the molecule is COC(=O)c1cc2n(c1)CCN(C(C)=O)c1cccc(OCc3cc(F)cc(F)c3)c1-2. The molecule has 2 heterocycles. The average Bonchev–Trinajstić information content (AvgIpc) is 3.08. The summed E-state index contributed by atoms with van der Waals surface area (Å²) in [6.07, 6.45) is 1.67. The Hall–Kier alpha value is -3.68. The van der Waals surface area contributed by atoms with Crippen LogP contribution in [0.25, 0.3) is 11.3 Å². The van der Waals surface area contributed by atoms with Crippen molar-refractivity contribution in [2.75, 3.05) is 18.6 Å². The number of fused-ring (bicyclic) bond motifs is 3. The third-order valence-corrected chi connectivity index (χ3v) is 5.13. The number of esters is 1. The van der Waals surface area contributed by atoms with Crippen molar-refractivity contribution >= 4 is 17.6 Å². The van der Waals surface area contributed by atoms with E-state index in [-0.39, 0.29) is 12.5 Å². The number of aromatic nitrogens is 1. The minimum absolute atomic E-state index is 0.0736. The van der Waals surface area contributed by atoms with E-state index in [1.807, 2.05) is 4.57 Å². The molecule has 1 aliphatic heterocycles. The van der Waals surface area contributed by atoms with Crippen molar-refractivity contribution in [2.45, 2.75) is 20.1 Å². The van der Waals surface area contributed by atoms with Crippen LogP contribution in [0.4, 0.5) is 14.5 Å². The van der Waals surface area contributed by atoms with Crippen LogP contribution in [0, 0.1) is 11.6 Å². The Morgan fingerprint density at radius 3 is 2.48 bits per heavy atom. The van der Waals surface area contributed by atoms with Crippen LogP contribution in [0.2, 0.25) is 0 Å². The van der Waals surface area contributed by atoms with Gasteiger partial charge in [0.05, 0.1) is 29.6 Å². The highest BCUT2D eigenvalue weighted by molar-refractivity contribution is 5.99. The molecule has 0 aliphatic carbocycles. The second-order valence-electron chi connectivity index (χ2n) is 7.19. The zero-order valence-corrected chi connectivity index (χ0v) is 17.0. The van der Waals surface area contributed by atoms with E-state index in [0.29, 0.717) is 46.9 Å². The summed E-state index contributed by atoms with van der Waals surface area (Å²) < 4.78 is 39.7. The van der Waals surface area contributed by atoms with Crippen LogP contribution in [0.15, 0.2) is 48.7 Å². The van der Waals surface area contributed by atoms with Gasteiger partial charge in [0.25, 0.3) is 0 Å². The molecule has 0 unspecified atom stereocenters. The zero-order valence-electron chi connectivity index (χ0n) is 17.0. The maximum Gasteiger partial charge on any atom is 0.339 e. The van der Waals surface area contributed by atoms with Gasteiger partial charge in [0.15, 0.2) is 0 Å². The fraction of sp³-hybridized carbons (Fsp3) is 0.217. The number of carbonyl (C=O) groups is 2. The number of anilines is 1. The molecule has 0 atom stereocenters. The van der Waals surface area contributed by atoms with E-state index < -0.39 is 17.6 Å². The first kappa shape index (κ1) is 20.6. The Balaban J connectivity index is 1.80. The first-order valence-corrected chi connectivity index (χ1v) is 9.65. The molecule has 0 saturated carbocycles. The van der Waals surface area contributed by atoms with Crippen LogP contribution in [0.3, 0.4) is 0 Å². The summed E-state index contributed by atoms with van der Waals surface area (Å²) in [5.74, 6) is -1.57. The fourth-order valence-electron chi connectivity index (χ4n) is 3.77. The Morgan fingerprint density at radius 2 is 1.81 bits per heavy atom. The molecule has 1 aromatic heterocycles. The molecule has 0 radical (unpaired) electrons. The molecule has 1 aliphatic rings. The van der Waals surface area contributed by atoms with Crippen LogP contribution in [0.1, 0.15) is 22.8 Å². The predicted octanol–water partition coefficient (Wildman–Crippen LogP) is 4.17. The summed E-state index contributed by atoms with van der Waals surface area (Å²) in [7, 11) is 1.31. The molecule has 0 saturated heterocycles. The van der Waals surface area contributed by atoms with E-state index >= 15 is 0 Å². The van der Waals surface area contributed by atoms with Crippen molar-refractivity contribution in [2.24, 2.45) is 0 Å². The van der Waals surface area contributed by atoms with Crippen molar-refractivity contribution in [3.63, 3.8) is 0 Å². The first-order valence-electron chi connectivity index (χ1n) is 9.65. The maximum atomic E-state index is 13.5. The first-order chi connectivity index (χ1) is 14.9. The van der Waals surface area contributed by atoms with Gasteiger partial charge in [-0.05, 0) is 35.9 Å². The van der Waals surface area contributed by atoms with Gasteiger partial charge in [0, 0.05) is 32.3 Å². The lowest BCUT2D eigenvalue weighted by atomic mass is 10.1. The van der Waals surface area contributed by atoms with Gasteiger partial charge in [-0.15, -0.1) is 0 Å². The summed E-state index contributed by atoms with van der Waals surface area (Å²) in [6.45, 7) is 2.28. The standard InChI is InChI=1S/C23H20F2N2O4/c1-14(28)27-7-6-26-12-16(23(29)30-2)10-20(26)22-19(27)4-3-5-21(22)31-13-15-8-17(24)11-18(25)9-15/h3-5,8-12H,6-7,13H2,1-2H3. The van der Waals surface area contributed by atoms with Crippen molar-refractivity contribution in [3.8, 4) is 17.0 Å². The van der Waals surface area contributed by atoms with Crippen LogP contribution < -0.4 is 9.64 Å². The number of nitrogens with zero attached hydrogens (tertiary/aromatic N) is 2. The largest absolute Gasteiger partial charge is 0.488 e. The molecule has 1 amide bonds. The maximum absolute atomic E-state index is 13.5. The third-order valence-electron chi connectivity index (χ3n) is 5.13. The number of methoxy groups -OCH3 is 1. The zero-order chi connectivity index (χ0) is 22.1. The van der Waals surface area contributed by atoms with Crippen LogP contribution in [0.5, 0.6) is 5.75 Å². The third kappa shape index (κ3) is 4.01. The molecule has 8 heteroatoms.